The molecule has 0 heterocycles. The standard InChI is InChI=1S/C8H10N2O2.2ClH/c1-4-2-5(9)3-6(7(4)10)8(11)12;;/h2-3H,9-10H2,1H3,(H,11,12);2*1H. The van der Waals surface area contributed by atoms with Crippen molar-refractivity contribution in [1.29, 1.82) is 0 Å². The number of anilines is 2. The molecule has 0 saturated carbocycles. The summed E-state index contributed by atoms with van der Waals surface area (Å²) in [7, 11) is 0. The Bertz CT molecular complexity index is 342. The van der Waals surface area contributed by atoms with Gasteiger partial charge in [-0.1, -0.05) is 0 Å². The second-order valence-corrected chi connectivity index (χ2v) is 2.60. The molecular weight excluding hydrogens is 227 g/mol. The van der Waals surface area contributed by atoms with Crippen molar-refractivity contribution in [2.75, 3.05) is 11.5 Å². The molecule has 0 amide bonds. The number of carbonyl (C=O) groups is 1. The number of hydrogen-bond donors (Lipinski definition) is 3. The minimum atomic E-state index is -1.05. The normalized spacial score (nSPS) is 8.36. The smallest absolute Gasteiger partial charge is 0.337 e. The van der Waals surface area contributed by atoms with E-state index in [9.17, 15) is 4.79 Å². The summed E-state index contributed by atoms with van der Waals surface area (Å²) in [6.45, 7) is 1.72. The molecule has 0 saturated heterocycles. The van der Waals surface area contributed by atoms with Crippen LogP contribution in [-0.2, 0) is 0 Å². The maximum Gasteiger partial charge on any atom is 0.337 e. The highest BCUT2D eigenvalue weighted by atomic mass is 35.5. The lowest BCUT2D eigenvalue weighted by molar-refractivity contribution is 0.0698. The lowest BCUT2D eigenvalue weighted by atomic mass is 10.1. The fourth-order valence-electron chi connectivity index (χ4n) is 1.00. The summed E-state index contributed by atoms with van der Waals surface area (Å²) in [5.41, 5.74) is 12.4. The van der Waals surface area contributed by atoms with Crippen LogP contribution in [0.5, 0.6) is 0 Å². The fourth-order valence-corrected chi connectivity index (χ4v) is 1.00. The van der Waals surface area contributed by atoms with Crippen LogP contribution in [0, 0.1) is 6.92 Å². The zero-order chi connectivity index (χ0) is 9.30. The van der Waals surface area contributed by atoms with Crippen molar-refractivity contribution in [1.82, 2.24) is 0 Å². The van der Waals surface area contributed by atoms with Gasteiger partial charge in [0.25, 0.3) is 0 Å². The highest BCUT2D eigenvalue weighted by Crippen LogP contribution is 2.20. The Balaban J connectivity index is 0. The van der Waals surface area contributed by atoms with Gasteiger partial charge in [0.2, 0.25) is 0 Å². The Labute approximate surface area is 94.1 Å². The first-order valence-corrected chi connectivity index (χ1v) is 3.41. The molecule has 4 nitrogen and oxygen atoms in total. The van der Waals surface area contributed by atoms with Crippen LogP contribution in [0.2, 0.25) is 0 Å². The number of carboxylic acids is 1. The molecule has 6 heteroatoms. The van der Waals surface area contributed by atoms with Gasteiger partial charge in [-0.05, 0) is 24.6 Å². The molecule has 0 radical (unpaired) electrons. The highest BCUT2D eigenvalue weighted by molar-refractivity contribution is 5.95. The van der Waals surface area contributed by atoms with E-state index in [0.717, 1.165) is 0 Å². The summed E-state index contributed by atoms with van der Waals surface area (Å²) >= 11 is 0. The third kappa shape index (κ3) is 2.97. The minimum Gasteiger partial charge on any atom is -0.478 e. The summed E-state index contributed by atoms with van der Waals surface area (Å²) in [6.07, 6.45) is 0. The summed E-state index contributed by atoms with van der Waals surface area (Å²) in [4.78, 5) is 10.6. The molecule has 1 aromatic rings. The molecule has 0 fully saturated rings. The predicted octanol–water partition coefficient (Wildman–Crippen LogP) is 1.70. The molecule has 0 bridgehead atoms. The second-order valence-electron chi connectivity index (χ2n) is 2.60. The molecular formula is C8H12Cl2N2O2. The molecule has 0 aliphatic heterocycles. The van der Waals surface area contributed by atoms with E-state index >= 15 is 0 Å². The number of rotatable bonds is 1. The van der Waals surface area contributed by atoms with E-state index in [-0.39, 0.29) is 36.1 Å². The quantitative estimate of drug-likeness (QED) is 0.650. The molecule has 80 valence electrons. The molecule has 0 unspecified atom stereocenters. The van der Waals surface area contributed by atoms with Crippen molar-refractivity contribution >= 4 is 42.2 Å². The Hall–Kier alpha value is -1.13. The van der Waals surface area contributed by atoms with E-state index in [0.29, 0.717) is 11.3 Å². The van der Waals surface area contributed by atoms with Crippen LogP contribution in [-0.4, -0.2) is 11.1 Å². The summed E-state index contributed by atoms with van der Waals surface area (Å²) in [5, 5.41) is 8.68. The first-order chi connectivity index (χ1) is 5.52. The number of hydrogen-bond acceptors (Lipinski definition) is 3. The topological polar surface area (TPSA) is 89.3 Å². The molecule has 0 aliphatic rings. The maximum absolute atomic E-state index is 10.6. The van der Waals surface area contributed by atoms with Gasteiger partial charge in [0.1, 0.15) is 0 Å². The molecule has 0 atom stereocenters. The second kappa shape index (κ2) is 5.57. The molecule has 0 spiro atoms. The van der Waals surface area contributed by atoms with Crippen molar-refractivity contribution in [3.05, 3.63) is 23.3 Å². The number of carboxylic acid groups (broad SMARTS) is 1. The van der Waals surface area contributed by atoms with E-state index < -0.39 is 5.97 Å². The predicted molar refractivity (Wildman–Crippen MR) is 61.5 cm³/mol. The summed E-state index contributed by atoms with van der Waals surface area (Å²) in [6, 6.07) is 2.99. The number of halogens is 2. The van der Waals surface area contributed by atoms with E-state index in [1.807, 2.05) is 0 Å². The Morgan fingerprint density at radius 1 is 1.29 bits per heavy atom. The van der Waals surface area contributed by atoms with Crippen molar-refractivity contribution in [3.63, 3.8) is 0 Å². The van der Waals surface area contributed by atoms with Gasteiger partial charge < -0.3 is 16.6 Å². The fraction of sp³-hybridized carbons (Fsp3) is 0.125. The third-order valence-electron chi connectivity index (χ3n) is 1.64. The van der Waals surface area contributed by atoms with Crippen LogP contribution in [0.4, 0.5) is 11.4 Å². The van der Waals surface area contributed by atoms with E-state index in [2.05, 4.69) is 0 Å². The molecule has 5 N–H and O–H groups in total. The molecule has 0 aromatic heterocycles. The zero-order valence-corrected chi connectivity index (χ0v) is 9.11. The van der Waals surface area contributed by atoms with Crippen molar-refractivity contribution in [2.45, 2.75) is 6.92 Å². The lowest BCUT2D eigenvalue weighted by Gasteiger charge is -2.05. The van der Waals surface area contributed by atoms with Gasteiger partial charge in [0.15, 0.2) is 0 Å². The summed E-state index contributed by atoms with van der Waals surface area (Å²) < 4.78 is 0. The van der Waals surface area contributed by atoms with E-state index in [4.69, 9.17) is 16.6 Å². The number of aromatic carboxylic acids is 1. The monoisotopic (exact) mass is 238 g/mol. The number of aryl methyl sites for hydroxylation is 1. The van der Waals surface area contributed by atoms with Crippen molar-refractivity contribution < 1.29 is 9.90 Å². The minimum absolute atomic E-state index is 0. The number of benzene rings is 1. The highest BCUT2D eigenvalue weighted by Gasteiger charge is 2.09. The average molecular weight is 239 g/mol. The van der Waals surface area contributed by atoms with Gasteiger partial charge >= 0.3 is 5.97 Å². The van der Waals surface area contributed by atoms with Gasteiger partial charge in [-0.15, -0.1) is 24.8 Å². The van der Waals surface area contributed by atoms with Gasteiger partial charge in [-0.2, -0.15) is 0 Å². The zero-order valence-electron chi connectivity index (χ0n) is 7.48. The average Bonchev–Trinajstić information content (AvgIpc) is 1.96. The SMILES string of the molecule is Cc1cc(N)cc(C(=O)O)c1N.Cl.Cl. The number of nitrogen functional groups attached to an aromatic ring is 2. The number of nitrogens with two attached hydrogens (primary N) is 2. The van der Waals surface area contributed by atoms with E-state index in [1.165, 1.54) is 6.07 Å². The molecule has 1 rings (SSSR count). The maximum atomic E-state index is 10.6. The third-order valence-corrected chi connectivity index (χ3v) is 1.64. The molecule has 1 aromatic carbocycles. The Morgan fingerprint density at radius 2 is 1.79 bits per heavy atom. The molecule has 14 heavy (non-hydrogen) atoms. The summed E-state index contributed by atoms with van der Waals surface area (Å²) in [5.74, 6) is -1.05. The Kier molecular flexibility index (Phi) is 6.10. The van der Waals surface area contributed by atoms with Crippen LogP contribution < -0.4 is 11.5 Å². The van der Waals surface area contributed by atoms with Crippen LogP contribution in [0.1, 0.15) is 15.9 Å². The first-order valence-electron chi connectivity index (χ1n) is 3.41. The van der Waals surface area contributed by atoms with Crippen LogP contribution in [0.25, 0.3) is 0 Å². The van der Waals surface area contributed by atoms with Gasteiger partial charge in [-0.3, -0.25) is 0 Å². The first kappa shape index (κ1) is 15.3. The Morgan fingerprint density at radius 3 is 2.21 bits per heavy atom. The van der Waals surface area contributed by atoms with Crippen LogP contribution in [0.3, 0.4) is 0 Å². The van der Waals surface area contributed by atoms with Crippen molar-refractivity contribution in [3.8, 4) is 0 Å². The van der Waals surface area contributed by atoms with Gasteiger partial charge in [0.05, 0.1) is 5.56 Å². The van der Waals surface area contributed by atoms with Gasteiger partial charge in [0, 0.05) is 11.4 Å². The lowest BCUT2D eigenvalue weighted by Crippen LogP contribution is -2.05. The van der Waals surface area contributed by atoms with Gasteiger partial charge in [-0.25, -0.2) is 4.79 Å². The van der Waals surface area contributed by atoms with Crippen LogP contribution in [0.15, 0.2) is 12.1 Å². The van der Waals surface area contributed by atoms with E-state index in [1.54, 1.807) is 13.0 Å². The molecule has 0 aliphatic carbocycles. The largest absolute Gasteiger partial charge is 0.478 e. The van der Waals surface area contributed by atoms with Crippen LogP contribution >= 0.6 is 24.8 Å². The van der Waals surface area contributed by atoms with Crippen molar-refractivity contribution in [2.24, 2.45) is 0 Å².